The Balaban J connectivity index is 0.000000385. The van der Waals surface area contributed by atoms with Gasteiger partial charge < -0.3 is 5.73 Å². The Morgan fingerprint density at radius 1 is 1.25 bits per heavy atom. The van der Waals surface area contributed by atoms with Crippen molar-refractivity contribution in [1.82, 2.24) is 4.90 Å². The van der Waals surface area contributed by atoms with Gasteiger partial charge >= 0.3 is 0 Å². The predicted octanol–water partition coefficient (Wildman–Crippen LogP) is 2.32. The molecule has 3 heteroatoms. The molecule has 0 saturated carbocycles. The lowest BCUT2D eigenvalue weighted by atomic mass is 9.80. The number of nitrogens with two attached hydrogens (primary N) is 1. The maximum Gasteiger partial charge on any atom is 0.240 e. The van der Waals surface area contributed by atoms with Crippen LogP contribution in [0.25, 0.3) is 0 Å². The van der Waals surface area contributed by atoms with E-state index in [1.807, 2.05) is 0 Å². The zero-order chi connectivity index (χ0) is 13.0. The first-order chi connectivity index (χ1) is 7.13. The monoisotopic (exact) mass is 226 g/mol. The summed E-state index contributed by atoms with van der Waals surface area (Å²) in [5.74, 6) is -0.481. The van der Waals surface area contributed by atoms with Crippen molar-refractivity contribution in [3.63, 3.8) is 0 Å². The van der Waals surface area contributed by atoms with E-state index in [-0.39, 0.29) is 0 Å². The number of carbonyl (C=O) groups excluding carboxylic acids is 1. The van der Waals surface area contributed by atoms with Crippen LogP contribution in [0.5, 0.6) is 0 Å². The molecule has 0 radical (unpaired) electrons. The molecule has 1 saturated heterocycles. The molecule has 1 rings (SSSR count). The van der Waals surface area contributed by atoms with Crippen LogP contribution in [0.3, 0.4) is 0 Å². The zero-order valence-corrected chi connectivity index (χ0v) is 11.3. The van der Waals surface area contributed by atoms with Crippen molar-refractivity contribution in [2.45, 2.75) is 58.0 Å². The number of primary amides is 1. The molecular formula is C13H26N2O. The Hall–Kier alpha value is -0.830. The minimum atomic E-state index is -0.481. The van der Waals surface area contributed by atoms with Gasteiger partial charge in [0.1, 0.15) is 0 Å². The molecule has 1 amide bonds. The van der Waals surface area contributed by atoms with Crippen LogP contribution in [0, 0.1) is 0 Å². The number of carbonyl (C=O) groups is 1. The van der Waals surface area contributed by atoms with Crippen LogP contribution >= 0.6 is 0 Å². The number of hydrogen-bond acceptors (Lipinski definition) is 2. The second-order valence-electron chi connectivity index (χ2n) is 5.64. The van der Waals surface area contributed by atoms with Crippen molar-refractivity contribution in [2.75, 3.05) is 7.05 Å². The molecule has 1 heterocycles. The summed E-state index contributed by atoms with van der Waals surface area (Å²) >= 11 is 0. The molecule has 0 atom stereocenters. The lowest BCUT2D eigenvalue weighted by molar-refractivity contribution is -0.113. The van der Waals surface area contributed by atoms with Crippen molar-refractivity contribution >= 4 is 5.91 Å². The number of piperidine rings is 1. The van der Waals surface area contributed by atoms with E-state index in [1.54, 1.807) is 0 Å². The zero-order valence-electron chi connectivity index (χ0n) is 11.3. The lowest BCUT2D eigenvalue weighted by Gasteiger charge is -2.50. The summed E-state index contributed by atoms with van der Waals surface area (Å²) < 4.78 is 0. The van der Waals surface area contributed by atoms with Crippen molar-refractivity contribution in [2.24, 2.45) is 5.73 Å². The SMILES string of the molecule is C=CC(N)=O.CN1C(C)(C)CCCC1(C)C. The van der Waals surface area contributed by atoms with Crippen molar-refractivity contribution in [3.05, 3.63) is 12.7 Å². The molecule has 0 unspecified atom stereocenters. The third kappa shape index (κ3) is 4.35. The van der Waals surface area contributed by atoms with E-state index >= 15 is 0 Å². The molecule has 0 aliphatic carbocycles. The molecule has 1 fully saturated rings. The number of nitrogens with zero attached hydrogens (tertiary/aromatic N) is 1. The topological polar surface area (TPSA) is 46.3 Å². The molecule has 16 heavy (non-hydrogen) atoms. The molecule has 1 aliphatic rings. The van der Waals surface area contributed by atoms with E-state index in [1.165, 1.54) is 19.3 Å². The second kappa shape index (κ2) is 5.48. The van der Waals surface area contributed by atoms with Gasteiger partial charge in [0.25, 0.3) is 0 Å². The first-order valence-corrected chi connectivity index (χ1v) is 5.79. The maximum atomic E-state index is 9.47. The van der Waals surface area contributed by atoms with Crippen LogP contribution in [-0.2, 0) is 4.79 Å². The smallest absolute Gasteiger partial charge is 0.240 e. The second-order valence-corrected chi connectivity index (χ2v) is 5.64. The van der Waals surface area contributed by atoms with E-state index < -0.39 is 5.91 Å². The minimum absolute atomic E-state index is 0.405. The standard InChI is InChI=1S/C10H21N.C3H5NO/c1-9(2)7-6-8-10(3,4)11(9)5;1-2-3(4)5/h6-8H2,1-5H3;2H,1H2,(H2,4,5). The summed E-state index contributed by atoms with van der Waals surface area (Å²) in [6.45, 7) is 12.5. The summed E-state index contributed by atoms with van der Waals surface area (Å²) in [7, 11) is 2.25. The van der Waals surface area contributed by atoms with Gasteiger partial charge in [-0.1, -0.05) is 6.58 Å². The highest BCUT2D eigenvalue weighted by molar-refractivity contribution is 5.84. The van der Waals surface area contributed by atoms with Crippen molar-refractivity contribution in [1.29, 1.82) is 0 Å². The first-order valence-electron chi connectivity index (χ1n) is 5.79. The van der Waals surface area contributed by atoms with Gasteiger partial charge in [-0.05, 0) is 60.1 Å². The van der Waals surface area contributed by atoms with Crippen LogP contribution in [0.2, 0.25) is 0 Å². The highest BCUT2D eigenvalue weighted by Crippen LogP contribution is 2.36. The number of amides is 1. The van der Waals surface area contributed by atoms with Crippen molar-refractivity contribution in [3.8, 4) is 0 Å². The van der Waals surface area contributed by atoms with Crippen LogP contribution in [-0.4, -0.2) is 28.9 Å². The predicted molar refractivity (Wildman–Crippen MR) is 69.2 cm³/mol. The van der Waals surface area contributed by atoms with Crippen LogP contribution in [0.4, 0.5) is 0 Å². The summed E-state index contributed by atoms with van der Waals surface area (Å²) in [6, 6.07) is 0. The Labute approximate surface area is 99.7 Å². The Bertz CT molecular complexity index is 241. The number of rotatable bonds is 1. The average molecular weight is 226 g/mol. The van der Waals surface area contributed by atoms with E-state index in [4.69, 9.17) is 0 Å². The van der Waals surface area contributed by atoms with E-state index in [9.17, 15) is 4.79 Å². The fraction of sp³-hybridized carbons (Fsp3) is 0.769. The molecule has 0 aromatic rings. The van der Waals surface area contributed by atoms with Crippen LogP contribution in [0.15, 0.2) is 12.7 Å². The van der Waals surface area contributed by atoms with Gasteiger partial charge in [0, 0.05) is 11.1 Å². The fourth-order valence-electron chi connectivity index (χ4n) is 2.11. The molecule has 0 aromatic carbocycles. The molecule has 1 aliphatic heterocycles. The number of hydrogen-bond donors (Lipinski definition) is 1. The molecular weight excluding hydrogens is 200 g/mol. The summed E-state index contributed by atoms with van der Waals surface area (Å²) in [5.41, 5.74) is 5.34. The maximum absolute atomic E-state index is 9.47. The summed E-state index contributed by atoms with van der Waals surface area (Å²) in [6.07, 6.45) is 5.12. The van der Waals surface area contributed by atoms with Gasteiger partial charge in [-0.15, -0.1) is 0 Å². The highest BCUT2D eigenvalue weighted by Gasteiger charge is 2.37. The van der Waals surface area contributed by atoms with Gasteiger partial charge in [0.2, 0.25) is 5.91 Å². The van der Waals surface area contributed by atoms with E-state index in [0.717, 1.165) is 6.08 Å². The van der Waals surface area contributed by atoms with Gasteiger partial charge in [0.05, 0.1) is 0 Å². The van der Waals surface area contributed by atoms with Gasteiger partial charge in [-0.3, -0.25) is 9.69 Å². The largest absolute Gasteiger partial charge is 0.366 e. The molecule has 3 nitrogen and oxygen atoms in total. The van der Waals surface area contributed by atoms with Gasteiger partial charge in [-0.25, -0.2) is 0 Å². The quantitative estimate of drug-likeness (QED) is 0.697. The molecule has 0 bridgehead atoms. The average Bonchev–Trinajstić information content (AvgIpc) is 2.15. The molecule has 94 valence electrons. The van der Waals surface area contributed by atoms with Crippen LogP contribution in [0.1, 0.15) is 47.0 Å². The van der Waals surface area contributed by atoms with Gasteiger partial charge in [0.15, 0.2) is 0 Å². The normalized spacial score (nSPS) is 22.8. The van der Waals surface area contributed by atoms with Crippen LogP contribution < -0.4 is 5.73 Å². The third-order valence-electron chi connectivity index (χ3n) is 3.59. The molecule has 0 aromatic heterocycles. The van der Waals surface area contributed by atoms with Crippen molar-refractivity contribution < 1.29 is 4.79 Å². The number of likely N-dealkylation sites (tertiary alicyclic amines) is 1. The Morgan fingerprint density at radius 3 is 1.75 bits per heavy atom. The third-order valence-corrected chi connectivity index (χ3v) is 3.59. The van der Waals surface area contributed by atoms with Gasteiger partial charge in [-0.2, -0.15) is 0 Å². The fourth-order valence-corrected chi connectivity index (χ4v) is 2.11. The first kappa shape index (κ1) is 15.2. The summed E-state index contributed by atoms with van der Waals surface area (Å²) in [5, 5.41) is 0. The van der Waals surface area contributed by atoms with E-state index in [2.05, 4.69) is 52.0 Å². The van der Waals surface area contributed by atoms with E-state index in [0.29, 0.717) is 11.1 Å². The molecule has 0 spiro atoms. The lowest BCUT2D eigenvalue weighted by Crippen LogP contribution is -2.56. The Morgan fingerprint density at radius 2 is 1.56 bits per heavy atom. The summed E-state index contributed by atoms with van der Waals surface area (Å²) in [4.78, 5) is 12.0. The Kier molecular flexibility index (Phi) is 5.20. The highest BCUT2D eigenvalue weighted by atomic mass is 16.1. The minimum Gasteiger partial charge on any atom is -0.366 e. The molecule has 2 N–H and O–H groups in total.